The molecule has 0 atom stereocenters. The summed E-state index contributed by atoms with van der Waals surface area (Å²) < 4.78 is 0. The summed E-state index contributed by atoms with van der Waals surface area (Å²) in [5.41, 5.74) is 55.9. The average Bonchev–Trinajstić information content (AvgIpc) is 0.667. The molecular weight excluding hydrogens is 1730 g/mol. The van der Waals surface area contributed by atoms with Crippen molar-refractivity contribution in [1.29, 1.82) is 0 Å². The van der Waals surface area contributed by atoms with Crippen molar-refractivity contribution in [2.24, 2.45) is 71.0 Å². The molecule has 15 aromatic carbocycles. The SMILES string of the molecule is Cc1ccccc1N1c2cc(C(C)(C)C)ccc2B2c3cccc4c3N(c3ccccc3C43C4CC5CC(C4)CC3C5)c3cccc1c32.Cc1ccccc1N1c2cc(C(C)C)ccc2B2c3cccc4c3N(c3ccccc3C43C4CC5CC(C4)CC3C5)c3cccc1c32.Cc1ccccc1N1c2ccc(C(C)(C)C)cc2B2c3cccc4c3N(c3ccccc3C43C4CC5CC(C4)CC3C5)c3cccc1c32. The lowest BCUT2D eigenvalue weighted by Crippen LogP contribution is -2.64. The van der Waals surface area contributed by atoms with Crippen LogP contribution >= 0.6 is 0 Å². The lowest BCUT2D eigenvalue weighted by molar-refractivity contribution is -0.0419. The Bertz CT molecular complexity index is 7910. The first-order valence-corrected chi connectivity index (χ1v) is 55.2. The number of hydrogen-bond donors (Lipinski definition) is 0. The van der Waals surface area contributed by atoms with Gasteiger partial charge < -0.3 is 29.4 Å². The summed E-state index contributed by atoms with van der Waals surface area (Å²) in [5.74, 6) is 10.5. The molecule has 702 valence electrons. The number of aryl methyl sites for hydroxylation is 3. The quantitative estimate of drug-likeness (QED) is 0.162. The van der Waals surface area contributed by atoms with Crippen molar-refractivity contribution in [3.05, 3.63) is 376 Å². The Morgan fingerprint density at radius 1 is 0.224 bits per heavy atom. The van der Waals surface area contributed by atoms with Gasteiger partial charge in [0.1, 0.15) is 0 Å². The summed E-state index contributed by atoms with van der Waals surface area (Å²) in [7, 11) is 0. The molecule has 9 aliphatic heterocycles. The maximum Gasteiger partial charge on any atom is 0.252 e. The summed E-state index contributed by atoms with van der Waals surface area (Å²) in [4.78, 5) is 15.8. The minimum Gasteiger partial charge on any atom is -0.311 e. The van der Waals surface area contributed by atoms with Crippen molar-refractivity contribution in [3.8, 4) is 0 Å². The highest BCUT2D eigenvalue weighted by Crippen LogP contribution is 2.75. The third kappa shape index (κ3) is 11.2. The number of para-hydroxylation sites is 9. The highest BCUT2D eigenvalue weighted by Gasteiger charge is 2.68. The van der Waals surface area contributed by atoms with E-state index in [2.05, 4.69) is 415 Å². The van der Waals surface area contributed by atoms with Crippen LogP contribution in [0.15, 0.2) is 309 Å². The van der Waals surface area contributed by atoms with Gasteiger partial charge in [0.2, 0.25) is 0 Å². The first kappa shape index (κ1) is 84.8. The Balaban J connectivity index is 0.0000000981. The van der Waals surface area contributed by atoms with E-state index in [1.807, 2.05) is 0 Å². The fraction of sp³-hybridized carbons (Fsp3) is 0.328. The second kappa shape index (κ2) is 30.0. The molecule has 12 saturated carbocycles. The van der Waals surface area contributed by atoms with Crippen LogP contribution < -0.4 is 78.6 Å². The van der Waals surface area contributed by atoms with Crippen LogP contribution in [0.3, 0.4) is 0 Å². The summed E-state index contributed by atoms with van der Waals surface area (Å²) in [6, 6.07) is 122. The molecule has 143 heavy (non-hydrogen) atoms. The minimum absolute atomic E-state index is 0.0550. The number of rotatable bonds is 4. The molecule has 0 saturated heterocycles. The molecule has 21 aliphatic rings. The van der Waals surface area contributed by atoms with Crippen LogP contribution in [0.2, 0.25) is 0 Å². The van der Waals surface area contributed by atoms with Crippen LogP contribution in [-0.4, -0.2) is 20.1 Å². The number of benzene rings is 15. The smallest absolute Gasteiger partial charge is 0.252 e. The van der Waals surface area contributed by atoms with Gasteiger partial charge in [0, 0.05) is 102 Å². The van der Waals surface area contributed by atoms with Crippen LogP contribution in [0.4, 0.5) is 102 Å². The summed E-state index contributed by atoms with van der Waals surface area (Å²) in [6.45, 7) is 26.1. The second-order valence-electron chi connectivity index (χ2n) is 50.1. The molecule has 12 aliphatic carbocycles. The van der Waals surface area contributed by atoms with Crippen LogP contribution in [0.1, 0.15) is 224 Å². The Morgan fingerprint density at radius 3 is 0.825 bits per heavy atom. The average molecular weight is 1850 g/mol. The van der Waals surface area contributed by atoms with E-state index < -0.39 is 0 Å². The predicted molar refractivity (Wildman–Crippen MR) is 601 cm³/mol. The molecule has 15 aromatic rings. The maximum absolute atomic E-state index is 2.71. The van der Waals surface area contributed by atoms with Crippen molar-refractivity contribution in [3.63, 3.8) is 0 Å². The van der Waals surface area contributed by atoms with Crippen LogP contribution in [0, 0.1) is 91.8 Å². The highest BCUT2D eigenvalue weighted by molar-refractivity contribution is 7.02. The van der Waals surface area contributed by atoms with Gasteiger partial charge in [-0.15, -0.1) is 0 Å². The topological polar surface area (TPSA) is 19.4 Å². The molecule has 0 unspecified atom stereocenters. The first-order valence-electron chi connectivity index (χ1n) is 55.2. The van der Waals surface area contributed by atoms with Gasteiger partial charge in [-0.1, -0.05) is 274 Å². The van der Waals surface area contributed by atoms with Crippen LogP contribution in [-0.2, 0) is 27.1 Å². The summed E-state index contributed by atoms with van der Waals surface area (Å²) in [5, 5.41) is 0. The van der Waals surface area contributed by atoms with Crippen LogP contribution in [0.25, 0.3) is 0 Å². The predicted octanol–water partition coefficient (Wildman–Crippen LogP) is 28.1. The van der Waals surface area contributed by atoms with E-state index in [1.165, 1.54) is 281 Å². The van der Waals surface area contributed by atoms with Crippen LogP contribution in [0.5, 0.6) is 0 Å². The van der Waals surface area contributed by atoms with Gasteiger partial charge >= 0.3 is 0 Å². The van der Waals surface area contributed by atoms with Gasteiger partial charge in [-0.2, -0.15) is 0 Å². The van der Waals surface area contributed by atoms with Crippen molar-refractivity contribution in [1.82, 2.24) is 0 Å². The lowest BCUT2D eigenvalue weighted by Gasteiger charge is -2.64. The van der Waals surface area contributed by atoms with Gasteiger partial charge in [-0.05, 0) is 412 Å². The minimum atomic E-state index is 0.0550. The highest BCUT2D eigenvalue weighted by atomic mass is 15.2. The molecule has 9 heteroatoms. The lowest BCUT2D eigenvalue weighted by atomic mass is 9.32. The van der Waals surface area contributed by atoms with E-state index in [1.54, 1.807) is 33.4 Å². The zero-order valence-electron chi connectivity index (χ0n) is 85.0. The summed E-state index contributed by atoms with van der Waals surface area (Å²) >= 11 is 0. The molecular formula is C134H127B3N6. The number of nitrogens with zero attached hydrogens (tertiary/aromatic N) is 6. The van der Waals surface area contributed by atoms with Gasteiger partial charge in [0.25, 0.3) is 20.1 Å². The molecule has 9 heterocycles. The molecule has 0 radical (unpaired) electrons. The Morgan fingerprint density at radius 2 is 0.490 bits per heavy atom. The van der Waals surface area contributed by atoms with Crippen molar-refractivity contribution < 1.29 is 0 Å². The van der Waals surface area contributed by atoms with Crippen molar-refractivity contribution in [2.75, 3.05) is 29.4 Å². The zero-order chi connectivity index (χ0) is 95.4. The van der Waals surface area contributed by atoms with Gasteiger partial charge in [-0.3, -0.25) is 0 Å². The Kier molecular flexibility index (Phi) is 17.8. The maximum atomic E-state index is 2.71. The third-order valence-corrected chi connectivity index (χ3v) is 40.9. The summed E-state index contributed by atoms with van der Waals surface area (Å²) in [6.07, 6.45) is 21.3. The number of hydrogen-bond acceptors (Lipinski definition) is 6. The fourth-order valence-electron chi connectivity index (χ4n) is 36.1. The molecule has 0 amide bonds. The van der Waals surface area contributed by atoms with Gasteiger partial charge in [-0.25, -0.2) is 0 Å². The third-order valence-electron chi connectivity index (χ3n) is 40.9. The van der Waals surface area contributed by atoms with Crippen molar-refractivity contribution in [2.45, 2.75) is 205 Å². The van der Waals surface area contributed by atoms with E-state index in [9.17, 15) is 0 Å². The molecule has 0 aromatic heterocycles. The monoisotopic (exact) mass is 1850 g/mol. The largest absolute Gasteiger partial charge is 0.311 e. The molecule has 0 N–H and O–H groups in total. The molecule has 6 nitrogen and oxygen atoms in total. The Hall–Kier alpha value is -12.7. The fourth-order valence-corrected chi connectivity index (χ4v) is 36.1. The first-order chi connectivity index (χ1) is 69.7. The molecule has 3 spiro atoms. The van der Waals surface area contributed by atoms with E-state index in [4.69, 9.17) is 0 Å². The van der Waals surface area contributed by atoms with E-state index in [-0.39, 0.29) is 47.2 Å². The Labute approximate surface area is 847 Å². The number of anilines is 18. The van der Waals surface area contributed by atoms with Crippen molar-refractivity contribution >= 4 is 172 Å². The number of fused-ring (bicyclic) bond motifs is 18. The molecule has 12 fully saturated rings. The van der Waals surface area contributed by atoms with Gasteiger partial charge in [0.05, 0.1) is 17.1 Å². The second-order valence-corrected chi connectivity index (χ2v) is 50.1. The normalized spacial score (nSPS) is 26.7. The zero-order valence-corrected chi connectivity index (χ0v) is 85.0. The standard InChI is InChI=1S/2C45H43BN2.C44H41BN2/c1-27-11-5-7-15-37(27)47-39-17-10-18-40-42(39)46(35-20-19-30(26-41(35)47)44(2,3)4)36-14-9-13-34-43(36)48(40)38-16-8-6-12-33(38)45(34)31-22-28-21-29(24-31)25-32(45)23-28;1-27-11-5-7-15-37(27)47-39-20-19-30(44(2,3)4)26-36(39)46-35-14-9-13-34-43(35)48(41-18-10-17-40(47)42(41)46)38-16-8-6-12-33(38)45(34)31-22-28-21-29(24-31)25-32(45)23-28;1-26(2)30-18-19-35-41(25-30)46(37-14-6-4-10-27(37)3)39-16-9-17-40-42(39)45(35)36-13-8-12-34-43(36)47(40)38-15-7-5-11-33(38)44(34)31-21-28-20-29(23-31)24-32(44)22-28/h2*5-20,26,28-29,31-32H,21-25H2,1-4H3;4-19,25-26,28-29,31-32H,20-24H2,1-3H3. The van der Waals surface area contributed by atoms with E-state index in [0.29, 0.717) is 5.92 Å². The van der Waals surface area contributed by atoms with E-state index in [0.717, 1.165) is 71.0 Å². The van der Waals surface area contributed by atoms with Gasteiger partial charge in [0.15, 0.2) is 0 Å². The molecule has 36 rings (SSSR count). The molecule has 12 bridgehead atoms. The van der Waals surface area contributed by atoms with E-state index >= 15 is 0 Å².